The van der Waals surface area contributed by atoms with Crippen LogP contribution in [0.2, 0.25) is 0 Å². The van der Waals surface area contributed by atoms with Gasteiger partial charge in [-0.1, -0.05) is 52.0 Å². The van der Waals surface area contributed by atoms with Gasteiger partial charge in [0.05, 0.1) is 5.01 Å². The first-order valence-corrected chi connectivity index (χ1v) is 7.41. The van der Waals surface area contributed by atoms with Crippen LogP contribution in [0, 0.1) is 0 Å². The summed E-state index contributed by atoms with van der Waals surface area (Å²) < 4.78 is 0. The molecule has 0 atom stereocenters. The zero-order valence-corrected chi connectivity index (χ0v) is 12.4. The molecule has 0 aliphatic heterocycles. The molecule has 0 spiro atoms. The van der Waals surface area contributed by atoms with Crippen LogP contribution in [0.4, 0.5) is 0 Å². The molecule has 1 aromatic carbocycles. The second-order valence-electron chi connectivity index (χ2n) is 5.39. The molecule has 18 heavy (non-hydrogen) atoms. The molecule has 0 amide bonds. The molecule has 0 bridgehead atoms. The van der Waals surface area contributed by atoms with Crippen molar-refractivity contribution in [3.8, 4) is 0 Å². The van der Waals surface area contributed by atoms with Crippen LogP contribution in [-0.4, -0.2) is 4.98 Å². The van der Waals surface area contributed by atoms with Crippen molar-refractivity contribution in [2.45, 2.75) is 46.0 Å². The summed E-state index contributed by atoms with van der Waals surface area (Å²) in [4.78, 5) is 5.91. The van der Waals surface area contributed by atoms with Crippen molar-refractivity contribution in [3.63, 3.8) is 0 Å². The Hall–Kier alpha value is -1.15. The highest BCUT2D eigenvalue weighted by Crippen LogP contribution is 2.24. The van der Waals surface area contributed by atoms with E-state index in [-0.39, 0.29) is 0 Å². The minimum Gasteiger partial charge on any atom is -0.249 e. The van der Waals surface area contributed by atoms with Gasteiger partial charge in [0.1, 0.15) is 0 Å². The second-order valence-corrected chi connectivity index (χ2v) is 6.53. The van der Waals surface area contributed by atoms with E-state index in [4.69, 9.17) is 0 Å². The smallest absolute Gasteiger partial charge is 0.0971 e. The Labute approximate surface area is 114 Å². The van der Waals surface area contributed by atoms with Gasteiger partial charge in [-0.05, 0) is 23.0 Å². The van der Waals surface area contributed by atoms with E-state index in [9.17, 15) is 0 Å². The molecule has 1 nitrogen and oxygen atoms in total. The van der Waals surface area contributed by atoms with Gasteiger partial charge in [-0.2, -0.15) is 0 Å². The lowest BCUT2D eigenvalue weighted by Crippen LogP contribution is -1.91. The maximum atomic E-state index is 4.53. The van der Waals surface area contributed by atoms with Gasteiger partial charge in [-0.3, -0.25) is 0 Å². The Morgan fingerprint density at radius 2 is 1.89 bits per heavy atom. The SMILES string of the molecule is CC(C)c1cccc(Cc2ncc(C(C)C)s2)c1. The highest BCUT2D eigenvalue weighted by Gasteiger charge is 2.07. The largest absolute Gasteiger partial charge is 0.249 e. The Morgan fingerprint density at radius 1 is 1.11 bits per heavy atom. The summed E-state index contributed by atoms with van der Waals surface area (Å²) in [6.45, 7) is 8.91. The monoisotopic (exact) mass is 259 g/mol. The molecule has 2 aromatic rings. The molecule has 0 N–H and O–H groups in total. The molecular weight excluding hydrogens is 238 g/mol. The Bertz CT molecular complexity index is 511. The fourth-order valence-electron chi connectivity index (χ4n) is 1.91. The van der Waals surface area contributed by atoms with E-state index >= 15 is 0 Å². The zero-order chi connectivity index (χ0) is 13.1. The summed E-state index contributed by atoms with van der Waals surface area (Å²) in [6, 6.07) is 8.86. The van der Waals surface area contributed by atoms with Crippen molar-refractivity contribution < 1.29 is 0 Å². The van der Waals surface area contributed by atoms with E-state index in [0.717, 1.165) is 6.42 Å². The third-order valence-corrected chi connectivity index (χ3v) is 4.41. The van der Waals surface area contributed by atoms with E-state index in [2.05, 4.69) is 56.9 Å². The lowest BCUT2D eigenvalue weighted by Gasteiger charge is -2.07. The lowest BCUT2D eigenvalue weighted by atomic mass is 10.00. The highest BCUT2D eigenvalue weighted by molar-refractivity contribution is 7.11. The summed E-state index contributed by atoms with van der Waals surface area (Å²) in [7, 11) is 0. The first-order chi connectivity index (χ1) is 8.56. The van der Waals surface area contributed by atoms with Gasteiger partial charge in [-0.25, -0.2) is 4.98 Å². The third kappa shape index (κ3) is 3.20. The highest BCUT2D eigenvalue weighted by atomic mass is 32.1. The molecule has 2 heteroatoms. The van der Waals surface area contributed by atoms with Crippen LogP contribution < -0.4 is 0 Å². The first-order valence-electron chi connectivity index (χ1n) is 6.59. The van der Waals surface area contributed by atoms with Crippen LogP contribution in [0.3, 0.4) is 0 Å². The topological polar surface area (TPSA) is 12.9 Å². The number of benzene rings is 1. The second kappa shape index (κ2) is 5.66. The quantitative estimate of drug-likeness (QED) is 0.754. The van der Waals surface area contributed by atoms with E-state index in [1.165, 1.54) is 21.0 Å². The minimum absolute atomic E-state index is 0.582. The number of hydrogen-bond donors (Lipinski definition) is 0. The summed E-state index contributed by atoms with van der Waals surface area (Å²) in [5, 5.41) is 1.22. The number of thiazole rings is 1. The average molecular weight is 259 g/mol. The molecule has 0 saturated heterocycles. The van der Waals surface area contributed by atoms with Gasteiger partial charge >= 0.3 is 0 Å². The molecule has 1 aromatic heterocycles. The molecular formula is C16H21NS. The molecule has 0 fully saturated rings. The predicted molar refractivity (Wildman–Crippen MR) is 79.5 cm³/mol. The zero-order valence-electron chi connectivity index (χ0n) is 11.6. The molecule has 1 heterocycles. The molecule has 0 saturated carbocycles. The molecule has 0 aliphatic rings. The van der Waals surface area contributed by atoms with Gasteiger partial charge in [0.15, 0.2) is 0 Å². The summed E-state index contributed by atoms with van der Waals surface area (Å²) >= 11 is 1.84. The van der Waals surface area contributed by atoms with Crippen molar-refractivity contribution in [2.24, 2.45) is 0 Å². The Balaban J connectivity index is 2.15. The van der Waals surface area contributed by atoms with Crippen molar-refractivity contribution >= 4 is 11.3 Å². The lowest BCUT2D eigenvalue weighted by molar-refractivity contribution is 0.863. The van der Waals surface area contributed by atoms with Crippen LogP contribution in [0.1, 0.15) is 60.5 Å². The van der Waals surface area contributed by atoms with E-state index in [1.807, 2.05) is 17.5 Å². The van der Waals surface area contributed by atoms with Crippen molar-refractivity contribution in [3.05, 3.63) is 51.5 Å². The maximum absolute atomic E-state index is 4.53. The number of rotatable bonds is 4. The maximum Gasteiger partial charge on any atom is 0.0971 e. The van der Waals surface area contributed by atoms with Gasteiger partial charge in [0.25, 0.3) is 0 Å². The van der Waals surface area contributed by atoms with Gasteiger partial charge in [-0.15, -0.1) is 11.3 Å². The summed E-state index contributed by atoms with van der Waals surface area (Å²) in [5.74, 6) is 1.17. The standard InChI is InChI=1S/C16H21NS/c1-11(2)14-7-5-6-13(8-14)9-16-17-10-15(18-16)12(3)4/h5-8,10-12H,9H2,1-4H3. The summed E-state index contributed by atoms with van der Waals surface area (Å²) in [6.07, 6.45) is 2.98. The molecule has 0 aliphatic carbocycles. The van der Waals surface area contributed by atoms with Crippen LogP contribution >= 0.6 is 11.3 Å². The molecule has 0 unspecified atom stereocenters. The van der Waals surface area contributed by atoms with Crippen LogP contribution in [-0.2, 0) is 6.42 Å². The Morgan fingerprint density at radius 3 is 2.50 bits per heavy atom. The fourth-order valence-corrected chi connectivity index (χ4v) is 2.87. The number of aromatic nitrogens is 1. The number of hydrogen-bond acceptors (Lipinski definition) is 2. The van der Waals surface area contributed by atoms with Gasteiger partial charge < -0.3 is 0 Å². The average Bonchev–Trinajstić information content (AvgIpc) is 2.78. The van der Waals surface area contributed by atoms with Crippen molar-refractivity contribution in [2.75, 3.05) is 0 Å². The third-order valence-electron chi connectivity index (χ3n) is 3.11. The van der Waals surface area contributed by atoms with Crippen LogP contribution in [0.25, 0.3) is 0 Å². The predicted octanol–water partition coefficient (Wildman–Crippen LogP) is 4.98. The normalized spacial score (nSPS) is 11.4. The molecule has 2 rings (SSSR count). The van der Waals surface area contributed by atoms with Crippen molar-refractivity contribution in [1.29, 1.82) is 0 Å². The van der Waals surface area contributed by atoms with Gasteiger partial charge in [0.2, 0.25) is 0 Å². The van der Waals surface area contributed by atoms with Crippen LogP contribution in [0.15, 0.2) is 30.5 Å². The van der Waals surface area contributed by atoms with E-state index in [0.29, 0.717) is 11.8 Å². The Kier molecular flexibility index (Phi) is 4.18. The fraction of sp³-hybridized carbons (Fsp3) is 0.438. The first kappa shape index (κ1) is 13.3. The minimum atomic E-state index is 0.582. The summed E-state index contributed by atoms with van der Waals surface area (Å²) in [5.41, 5.74) is 2.78. The molecule has 96 valence electrons. The van der Waals surface area contributed by atoms with Gasteiger partial charge in [0, 0.05) is 17.5 Å². The molecule has 0 radical (unpaired) electrons. The number of nitrogens with zero attached hydrogens (tertiary/aromatic N) is 1. The van der Waals surface area contributed by atoms with Crippen molar-refractivity contribution in [1.82, 2.24) is 4.98 Å². The van der Waals surface area contributed by atoms with E-state index < -0.39 is 0 Å². The van der Waals surface area contributed by atoms with E-state index in [1.54, 1.807) is 0 Å². The van der Waals surface area contributed by atoms with Crippen LogP contribution in [0.5, 0.6) is 0 Å².